The molecule has 2 heteroatoms. The molecule has 2 nitrogen and oxygen atoms in total. The molecular formula is C9H13NO. The molecule has 0 aliphatic heterocycles. The van der Waals surface area contributed by atoms with Crippen LogP contribution in [0.4, 0.5) is 0 Å². The number of nitrogens with one attached hydrogen (secondary N) is 1. The van der Waals surface area contributed by atoms with Crippen LogP contribution in [0, 0.1) is 0 Å². The van der Waals surface area contributed by atoms with Crippen LogP contribution in [0.3, 0.4) is 0 Å². The largest absolute Gasteiger partial charge is 0.388 e. The number of carbonyl (C=O) groups excluding carboxylic acids is 1. The van der Waals surface area contributed by atoms with Crippen molar-refractivity contribution in [2.75, 3.05) is 7.05 Å². The van der Waals surface area contributed by atoms with Crippen LogP contribution in [0.25, 0.3) is 0 Å². The Morgan fingerprint density at radius 2 is 2.09 bits per heavy atom. The van der Waals surface area contributed by atoms with E-state index in [-0.39, 0.29) is 0 Å². The maximum Gasteiger partial charge on any atom is 0.149 e. The smallest absolute Gasteiger partial charge is 0.149 e. The van der Waals surface area contributed by atoms with Gasteiger partial charge in [0.25, 0.3) is 0 Å². The fourth-order valence-corrected chi connectivity index (χ4v) is 0.560. The minimum atomic E-state index is 0.472. The molecule has 0 radical (unpaired) electrons. The number of hydrogen-bond donors (Lipinski definition) is 1. The van der Waals surface area contributed by atoms with Crippen molar-refractivity contribution in [2.45, 2.75) is 6.92 Å². The highest BCUT2D eigenvalue weighted by atomic mass is 16.1. The molecule has 0 amide bonds. The molecule has 0 aromatic heterocycles. The summed E-state index contributed by atoms with van der Waals surface area (Å²) < 4.78 is 0. The molecule has 0 unspecified atom stereocenters. The number of carbonyl (C=O) groups is 1. The highest BCUT2D eigenvalue weighted by Gasteiger charge is 1.84. The number of hydrogen-bond acceptors (Lipinski definition) is 2. The summed E-state index contributed by atoms with van der Waals surface area (Å²) in [6.45, 7) is 5.42. The van der Waals surface area contributed by atoms with Gasteiger partial charge in [-0.05, 0) is 13.0 Å². The maximum atomic E-state index is 10.1. The second-order valence-electron chi connectivity index (χ2n) is 2.02. The molecule has 0 atom stereocenters. The third-order valence-corrected chi connectivity index (χ3v) is 1.23. The summed E-state index contributed by atoms with van der Waals surface area (Å²) in [6.07, 6.45) is 6.10. The van der Waals surface area contributed by atoms with Gasteiger partial charge in [-0.3, -0.25) is 4.79 Å². The Kier molecular flexibility index (Phi) is 4.82. The van der Waals surface area contributed by atoms with Crippen molar-refractivity contribution in [1.29, 1.82) is 0 Å². The molecule has 0 saturated heterocycles. The zero-order valence-corrected chi connectivity index (χ0v) is 6.92. The quantitative estimate of drug-likeness (QED) is 0.374. The van der Waals surface area contributed by atoms with Crippen molar-refractivity contribution < 1.29 is 4.79 Å². The van der Waals surface area contributed by atoms with Gasteiger partial charge >= 0.3 is 0 Å². The van der Waals surface area contributed by atoms with E-state index >= 15 is 0 Å². The second kappa shape index (κ2) is 5.47. The Balaban J connectivity index is 4.10. The van der Waals surface area contributed by atoms with Crippen LogP contribution in [0.5, 0.6) is 0 Å². The van der Waals surface area contributed by atoms with Gasteiger partial charge < -0.3 is 5.32 Å². The van der Waals surface area contributed by atoms with Gasteiger partial charge in [0.15, 0.2) is 0 Å². The summed E-state index contributed by atoms with van der Waals surface area (Å²) in [5.74, 6) is 0. The zero-order valence-electron chi connectivity index (χ0n) is 6.92. The van der Waals surface area contributed by atoms with E-state index in [1.54, 1.807) is 12.2 Å². The van der Waals surface area contributed by atoms with Crippen molar-refractivity contribution in [2.24, 2.45) is 0 Å². The summed E-state index contributed by atoms with van der Waals surface area (Å²) in [6, 6.07) is 0. The molecule has 11 heavy (non-hydrogen) atoms. The normalized spacial score (nSPS) is 11.6. The van der Waals surface area contributed by atoms with Gasteiger partial charge in [0.1, 0.15) is 6.29 Å². The fourth-order valence-electron chi connectivity index (χ4n) is 0.560. The molecule has 0 rings (SSSR count). The molecule has 0 heterocycles. The molecule has 60 valence electrons. The average molecular weight is 151 g/mol. The first-order valence-corrected chi connectivity index (χ1v) is 3.40. The van der Waals surface area contributed by atoms with Gasteiger partial charge in [0.2, 0.25) is 0 Å². The summed E-state index contributed by atoms with van der Waals surface area (Å²) in [5.41, 5.74) is 1.44. The van der Waals surface area contributed by atoms with E-state index in [0.717, 1.165) is 12.0 Å². The average Bonchev–Trinajstić information content (AvgIpc) is 2.06. The second-order valence-corrected chi connectivity index (χ2v) is 2.02. The first-order chi connectivity index (χ1) is 5.24. The first-order valence-electron chi connectivity index (χ1n) is 3.40. The van der Waals surface area contributed by atoms with E-state index in [9.17, 15) is 4.79 Å². The van der Waals surface area contributed by atoms with E-state index in [4.69, 9.17) is 0 Å². The Bertz CT molecular complexity index is 202. The van der Waals surface area contributed by atoms with Crippen molar-refractivity contribution >= 4 is 6.29 Å². The maximum absolute atomic E-state index is 10.1. The van der Waals surface area contributed by atoms with Gasteiger partial charge in [0, 0.05) is 18.3 Å². The van der Waals surface area contributed by atoms with E-state index in [1.807, 2.05) is 20.0 Å². The van der Waals surface area contributed by atoms with Gasteiger partial charge in [0.05, 0.1) is 0 Å². The van der Waals surface area contributed by atoms with Gasteiger partial charge in [-0.1, -0.05) is 18.7 Å². The lowest BCUT2D eigenvalue weighted by molar-refractivity contribution is -0.104. The van der Waals surface area contributed by atoms with Crippen molar-refractivity contribution in [1.82, 2.24) is 5.32 Å². The van der Waals surface area contributed by atoms with Crippen molar-refractivity contribution in [3.63, 3.8) is 0 Å². The Morgan fingerprint density at radius 3 is 2.45 bits per heavy atom. The number of likely N-dealkylation sites (N-methyl/N-ethyl adjacent to an activating group) is 1. The number of allylic oxidation sites excluding steroid dienone is 4. The van der Waals surface area contributed by atoms with Crippen LogP contribution in [0.2, 0.25) is 0 Å². The van der Waals surface area contributed by atoms with E-state index in [0.29, 0.717) is 5.57 Å². The molecule has 0 aliphatic carbocycles. The Hall–Kier alpha value is -1.31. The zero-order chi connectivity index (χ0) is 8.69. The molecule has 0 aliphatic rings. The van der Waals surface area contributed by atoms with Gasteiger partial charge in [-0.25, -0.2) is 0 Å². The molecule has 0 aromatic carbocycles. The van der Waals surface area contributed by atoms with Gasteiger partial charge in [-0.2, -0.15) is 0 Å². The predicted octanol–water partition coefficient (Wildman–Crippen LogP) is 1.42. The minimum Gasteiger partial charge on any atom is -0.388 e. The van der Waals surface area contributed by atoms with Crippen molar-refractivity contribution in [3.05, 3.63) is 36.1 Å². The lowest BCUT2D eigenvalue weighted by Gasteiger charge is -1.96. The Labute approximate surface area is 67.3 Å². The summed E-state index contributed by atoms with van der Waals surface area (Å²) >= 11 is 0. The monoisotopic (exact) mass is 151 g/mol. The molecule has 0 saturated carbocycles. The van der Waals surface area contributed by atoms with E-state index < -0.39 is 0 Å². The molecule has 0 spiro atoms. The molecular weight excluding hydrogens is 138 g/mol. The van der Waals surface area contributed by atoms with Crippen LogP contribution in [0.15, 0.2) is 36.1 Å². The standard InChI is InChI=1S/C9H13NO/c1-4-9(10-3)6-5-8(2)7-11/h4-7,10H,2H2,1,3H3/b6-5-,9-4+. The summed E-state index contributed by atoms with van der Waals surface area (Å²) in [7, 11) is 1.82. The molecule has 0 bridgehead atoms. The van der Waals surface area contributed by atoms with Crippen molar-refractivity contribution in [3.8, 4) is 0 Å². The van der Waals surface area contributed by atoms with E-state index in [2.05, 4.69) is 11.9 Å². The molecule has 0 fully saturated rings. The summed E-state index contributed by atoms with van der Waals surface area (Å²) in [4.78, 5) is 10.1. The van der Waals surface area contributed by atoms with Crippen LogP contribution in [-0.2, 0) is 4.79 Å². The van der Waals surface area contributed by atoms with Crippen LogP contribution >= 0.6 is 0 Å². The SMILES string of the molecule is C=C(C=O)/C=C\C(=C/C)NC. The fraction of sp³-hybridized carbons (Fsp3) is 0.222. The highest BCUT2D eigenvalue weighted by Crippen LogP contribution is 1.93. The topological polar surface area (TPSA) is 29.1 Å². The Morgan fingerprint density at radius 1 is 1.45 bits per heavy atom. The predicted molar refractivity (Wildman–Crippen MR) is 47.2 cm³/mol. The van der Waals surface area contributed by atoms with Crippen LogP contribution in [0.1, 0.15) is 6.92 Å². The lowest BCUT2D eigenvalue weighted by Crippen LogP contribution is -2.02. The lowest BCUT2D eigenvalue weighted by atomic mass is 10.2. The molecule has 1 N–H and O–H groups in total. The van der Waals surface area contributed by atoms with Crippen LogP contribution in [-0.4, -0.2) is 13.3 Å². The number of rotatable bonds is 4. The number of aldehydes is 1. The highest BCUT2D eigenvalue weighted by molar-refractivity contribution is 5.76. The minimum absolute atomic E-state index is 0.472. The molecule has 0 aromatic rings. The third kappa shape index (κ3) is 4.14. The summed E-state index contributed by atoms with van der Waals surface area (Å²) in [5, 5.41) is 2.95. The van der Waals surface area contributed by atoms with Gasteiger partial charge in [-0.15, -0.1) is 0 Å². The van der Waals surface area contributed by atoms with E-state index in [1.165, 1.54) is 0 Å². The third-order valence-electron chi connectivity index (χ3n) is 1.23. The first kappa shape index (κ1) is 9.69. The van der Waals surface area contributed by atoms with Crippen LogP contribution < -0.4 is 5.32 Å².